The molecule has 1 saturated carbocycles. The Hall–Kier alpha value is -2.18. The van der Waals surface area contributed by atoms with Gasteiger partial charge >= 0.3 is 5.97 Å². The number of carboxylic acids is 1. The van der Waals surface area contributed by atoms with Crippen LogP contribution in [-0.4, -0.2) is 37.4 Å². The number of nitrogens with one attached hydrogen (secondary N) is 1. The minimum atomic E-state index is -0.920. The van der Waals surface area contributed by atoms with Crippen LogP contribution < -0.4 is 5.32 Å². The number of anilines is 1. The zero-order chi connectivity index (χ0) is 12.7. The Morgan fingerprint density at radius 2 is 2.33 bits per heavy atom. The van der Waals surface area contributed by atoms with Crippen molar-refractivity contribution in [2.75, 3.05) is 11.9 Å². The number of nitrogens with zero attached hydrogens (tertiary/aromatic N) is 4. The number of fused-ring (bicyclic) bond motifs is 1. The Labute approximate surface area is 103 Å². The number of aliphatic carboxylic acids is 1. The number of rotatable bonds is 4. The highest BCUT2D eigenvalue weighted by molar-refractivity contribution is 5.72. The van der Waals surface area contributed by atoms with Crippen molar-refractivity contribution in [2.24, 2.45) is 5.92 Å². The van der Waals surface area contributed by atoms with Crippen LogP contribution in [-0.2, 0) is 4.79 Å². The van der Waals surface area contributed by atoms with Gasteiger partial charge in [-0.1, -0.05) is 6.92 Å². The first-order valence-corrected chi connectivity index (χ1v) is 5.83. The second kappa shape index (κ2) is 3.94. The third-order valence-electron chi connectivity index (χ3n) is 3.15. The van der Waals surface area contributed by atoms with Crippen LogP contribution in [0.4, 0.5) is 5.82 Å². The SMILES string of the molecule is CC1CC1c1nnc2ccc(NCC(=O)O)nn12. The molecule has 94 valence electrons. The quantitative estimate of drug-likeness (QED) is 0.828. The molecular weight excluding hydrogens is 234 g/mol. The minimum absolute atomic E-state index is 0.157. The summed E-state index contributed by atoms with van der Waals surface area (Å²) in [6.45, 7) is 2.01. The van der Waals surface area contributed by atoms with Gasteiger partial charge in [-0.2, -0.15) is 4.52 Å². The van der Waals surface area contributed by atoms with E-state index in [9.17, 15) is 4.79 Å². The standard InChI is InChI=1S/C11H13N5O2/c1-6-4-7(6)11-14-13-9-3-2-8(15-16(9)11)12-5-10(17)18/h2-3,6-7H,4-5H2,1H3,(H,12,15)(H,17,18). The highest BCUT2D eigenvalue weighted by Crippen LogP contribution is 2.45. The Bertz CT molecular complexity index is 608. The molecule has 0 aromatic carbocycles. The van der Waals surface area contributed by atoms with Gasteiger partial charge in [0.15, 0.2) is 11.5 Å². The van der Waals surface area contributed by atoms with Crippen molar-refractivity contribution in [3.05, 3.63) is 18.0 Å². The van der Waals surface area contributed by atoms with Crippen molar-refractivity contribution in [3.63, 3.8) is 0 Å². The number of aromatic nitrogens is 4. The molecule has 2 N–H and O–H groups in total. The predicted molar refractivity (Wildman–Crippen MR) is 63.4 cm³/mol. The third-order valence-corrected chi connectivity index (χ3v) is 3.15. The lowest BCUT2D eigenvalue weighted by atomic mass is 10.3. The molecule has 0 radical (unpaired) electrons. The molecule has 0 bridgehead atoms. The average Bonchev–Trinajstić information content (AvgIpc) is 2.91. The summed E-state index contributed by atoms with van der Waals surface area (Å²) in [6, 6.07) is 3.48. The molecule has 2 aromatic heterocycles. The van der Waals surface area contributed by atoms with Crippen LogP contribution in [0.3, 0.4) is 0 Å². The van der Waals surface area contributed by atoms with Crippen molar-refractivity contribution in [1.29, 1.82) is 0 Å². The van der Waals surface area contributed by atoms with Crippen molar-refractivity contribution >= 4 is 17.4 Å². The fourth-order valence-corrected chi connectivity index (χ4v) is 1.98. The monoisotopic (exact) mass is 247 g/mol. The number of hydrogen-bond donors (Lipinski definition) is 2. The van der Waals surface area contributed by atoms with E-state index in [4.69, 9.17) is 5.11 Å². The Balaban J connectivity index is 1.91. The number of carbonyl (C=O) groups is 1. The summed E-state index contributed by atoms with van der Waals surface area (Å²) in [5.41, 5.74) is 0.685. The molecule has 0 spiro atoms. The van der Waals surface area contributed by atoms with Crippen molar-refractivity contribution in [3.8, 4) is 0 Å². The lowest BCUT2D eigenvalue weighted by Gasteiger charge is -2.03. The van der Waals surface area contributed by atoms with Crippen LogP contribution in [0, 0.1) is 5.92 Å². The second-order valence-corrected chi connectivity index (χ2v) is 4.61. The van der Waals surface area contributed by atoms with Gasteiger partial charge in [0.1, 0.15) is 12.4 Å². The van der Waals surface area contributed by atoms with E-state index in [0.29, 0.717) is 23.3 Å². The minimum Gasteiger partial charge on any atom is -0.480 e. The zero-order valence-electron chi connectivity index (χ0n) is 9.87. The smallest absolute Gasteiger partial charge is 0.322 e. The van der Waals surface area contributed by atoms with Crippen molar-refractivity contribution < 1.29 is 9.90 Å². The normalized spacial score (nSPS) is 22.1. The summed E-state index contributed by atoms with van der Waals surface area (Å²) in [5.74, 6) is 1.49. The van der Waals surface area contributed by atoms with Gasteiger partial charge in [0.25, 0.3) is 0 Å². The van der Waals surface area contributed by atoms with Gasteiger partial charge in [0, 0.05) is 5.92 Å². The van der Waals surface area contributed by atoms with Crippen LogP contribution in [0.15, 0.2) is 12.1 Å². The number of hydrogen-bond acceptors (Lipinski definition) is 5. The van der Waals surface area contributed by atoms with Crippen molar-refractivity contribution in [2.45, 2.75) is 19.3 Å². The van der Waals surface area contributed by atoms with E-state index < -0.39 is 5.97 Å². The Kier molecular flexibility index (Phi) is 2.39. The Morgan fingerprint density at radius 3 is 3.00 bits per heavy atom. The van der Waals surface area contributed by atoms with Gasteiger partial charge in [-0.15, -0.1) is 15.3 Å². The topological polar surface area (TPSA) is 92.4 Å². The molecule has 3 rings (SSSR count). The van der Waals surface area contributed by atoms with Crippen LogP contribution >= 0.6 is 0 Å². The molecule has 2 aromatic rings. The first-order chi connectivity index (χ1) is 8.65. The van der Waals surface area contributed by atoms with E-state index in [1.54, 1.807) is 16.6 Å². The van der Waals surface area contributed by atoms with Gasteiger partial charge in [-0.3, -0.25) is 4.79 Å². The van der Waals surface area contributed by atoms with E-state index in [0.717, 1.165) is 12.2 Å². The summed E-state index contributed by atoms with van der Waals surface area (Å²) in [4.78, 5) is 10.5. The van der Waals surface area contributed by atoms with E-state index in [-0.39, 0.29) is 6.54 Å². The molecule has 1 aliphatic rings. The molecule has 7 nitrogen and oxygen atoms in total. The maximum Gasteiger partial charge on any atom is 0.322 e. The maximum absolute atomic E-state index is 10.5. The van der Waals surface area contributed by atoms with Gasteiger partial charge in [-0.05, 0) is 24.5 Å². The van der Waals surface area contributed by atoms with Gasteiger partial charge in [-0.25, -0.2) is 0 Å². The molecule has 2 atom stereocenters. The van der Waals surface area contributed by atoms with Crippen LogP contribution in [0.5, 0.6) is 0 Å². The second-order valence-electron chi connectivity index (χ2n) is 4.61. The van der Waals surface area contributed by atoms with Crippen LogP contribution in [0.1, 0.15) is 25.1 Å². The number of carboxylic acid groups (broad SMARTS) is 1. The largest absolute Gasteiger partial charge is 0.480 e. The summed E-state index contributed by atoms with van der Waals surface area (Å²) in [5, 5.41) is 23.9. The molecule has 2 unspecified atom stereocenters. The van der Waals surface area contributed by atoms with E-state index in [2.05, 4.69) is 27.5 Å². The van der Waals surface area contributed by atoms with Gasteiger partial charge < -0.3 is 10.4 Å². The first kappa shape index (κ1) is 10.9. The predicted octanol–water partition coefficient (Wildman–Crippen LogP) is 0.744. The average molecular weight is 247 g/mol. The lowest BCUT2D eigenvalue weighted by Crippen LogP contribution is -2.14. The summed E-state index contributed by atoms with van der Waals surface area (Å²) >= 11 is 0. The Morgan fingerprint density at radius 1 is 1.56 bits per heavy atom. The first-order valence-electron chi connectivity index (χ1n) is 5.83. The fraction of sp³-hybridized carbons (Fsp3) is 0.455. The summed E-state index contributed by atoms with van der Waals surface area (Å²) in [6.07, 6.45) is 1.11. The highest BCUT2D eigenvalue weighted by atomic mass is 16.4. The molecule has 0 saturated heterocycles. The zero-order valence-corrected chi connectivity index (χ0v) is 9.87. The lowest BCUT2D eigenvalue weighted by molar-refractivity contribution is -0.134. The fourth-order valence-electron chi connectivity index (χ4n) is 1.98. The van der Waals surface area contributed by atoms with Crippen LogP contribution in [0.2, 0.25) is 0 Å². The van der Waals surface area contributed by atoms with Gasteiger partial charge in [0.2, 0.25) is 0 Å². The summed E-state index contributed by atoms with van der Waals surface area (Å²) < 4.78 is 1.69. The maximum atomic E-state index is 10.5. The van der Waals surface area contributed by atoms with Crippen molar-refractivity contribution in [1.82, 2.24) is 19.8 Å². The molecule has 18 heavy (non-hydrogen) atoms. The van der Waals surface area contributed by atoms with E-state index in [1.807, 2.05) is 0 Å². The summed E-state index contributed by atoms with van der Waals surface area (Å²) in [7, 11) is 0. The molecule has 2 heterocycles. The molecule has 7 heteroatoms. The third kappa shape index (κ3) is 1.87. The van der Waals surface area contributed by atoms with E-state index in [1.165, 1.54) is 0 Å². The molecular formula is C11H13N5O2. The molecule has 0 aliphatic heterocycles. The molecule has 1 aliphatic carbocycles. The van der Waals surface area contributed by atoms with Gasteiger partial charge in [0.05, 0.1) is 0 Å². The molecule has 0 amide bonds. The van der Waals surface area contributed by atoms with E-state index >= 15 is 0 Å². The highest BCUT2D eigenvalue weighted by Gasteiger charge is 2.38. The van der Waals surface area contributed by atoms with Crippen LogP contribution in [0.25, 0.3) is 5.65 Å². The molecule has 1 fully saturated rings.